The SMILES string of the molecule is O=c1c2cc([N+](=O)[O-])ccc2sc2c([N+](=O)[O-])cc([N+](=O)[O-])cc12. The maximum atomic E-state index is 12.6. The molecule has 0 aliphatic heterocycles. The van der Waals surface area contributed by atoms with Crippen LogP contribution in [0.3, 0.4) is 0 Å². The van der Waals surface area contributed by atoms with Crippen molar-refractivity contribution in [1.82, 2.24) is 0 Å². The van der Waals surface area contributed by atoms with Crippen LogP contribution in [0.25, 0.3) is 20.2 Å². The predicted octanol–water partition coefficient (Wildman–Crippen LogP) is 3.14. The van der Waals surface area contributed by atoms with E-state index in [4.69, 9.17) is 0 Å². The zero-order chi connectivity index (χ0) is 17.6. The minimum atomic E-state index is -0.839. The molecule has 0 N–H and O–H groups in total. The van der Waals surface area contributed by atoms with Crippen LogP contribution < -0.4 is 5.43 Å². The van der Waals surface area contributed by atoms with Gasteiger partial charge in [0.05, 0.1) is 26.2 Å². The summed E-state index contributed by atoms with van der Waals surface area (Å²) >= 11 is 0.874. The van der Waals surface area contributed by atoms with E-state index in [1.807, 2.05) is 0 Å². The van der Waals surface area contributed by atoms with Gasteiger partial charge in [-0.2, -0.15) is 0 Å². The summed E-state index contributed by atoms with van der Waals surface area (Å²) in [5.41, 5.74) is -2.19. The monoisotopic (exact) mass is 347 g/mol. The summed E-state index contributed by atoms with van der Waals surface area (Å²) < 4.78 is 0.298. The van der Waals surface area contributed by atoms with Crippen LogP contribution in [-0.2, 0) is 0 Å². The molecular formula is C13H5N3O7S. The molecule has 0 bridgehead atoms. The lowest BCUT2D eigenvalue weighted by Gasteiger charge is -2.02. The second-order valence-electron chi connectivity index (χ2n) is 4.72. The van der Waals surface area contributed by atoms with Crippen LogP contribution in [0.2, 0.25) is 0 Å². The van der Waals surface area contributed by atoms with E-state index in [2.05, 4.69) is 0 Å². The van der Waals surface area contributed by atoms with E-state index in [-0.39, 0.29) is 21.2 Å². The van der Waals surface area contributed by atoms with E-state index in [0.29, 0.717) is 4.70 Å². The molecule has 1 heterocycles. The van der Waals surface area contributed by atoms with Crippen LogP contribution in [0, 0.1) is 30.3 Å². The quantitative estimate of drug-likeness (QED) is 0.401. The topological polar surface area (TPSA) is 146 Å². The van der Waals surface area contributed by atoms with Crippen molar-refractivity contribution in [3.8, 4) is 0 Å². The summed E-state index contributed by atoms with van der Waals surface area (Å²) in [6.45, 7) is 0. The molecule has 0 aliphatic carbocycles. The highest BCUT2D eigenvalue weighted by Gasteiger charge is 2.23. The Hall–Kier alpha value is -3.47. The van der Waals surface area contributed by atoms with E-state index < -0.39 is 31.6 Å². The lowest BCUT2D eigenvalue weighted by molar-refractivity contribution is -0.392. The second-order valence-corrected chi connectivity index (χ2v) is 5.78. The minimum absolute atomic E-state index is 0.0167. The molecule has 3 rings (SSSR count). The number of nitro groups is 3. The van der Waals surface area contributed by atoms with Gasteiger partial charge >= 0.3 is 0 Å². The molecule has 0 aliphatic rings. The normalized spacial score (nSPS) is 10.8. The third-order valence-electron chi connectivity index (χ3n) is 3.34. The molecule has 0 saturated heterocycles. The maximum absolute atomic E-state index is 12.6. The fourth-order valence-electron chi connectivity index (χ4n) is 2.27. The Balaban J connectivity index is 2.52. The lowest BCUT2D eigenvalue weighted by Crippen LogP contribution is -2.04. The Labute approximate surface area is 135 Å². The van der Waals surface area contributed by atoms with Crippen LogP contribution in [0.5, 0.6) is 0 Å². The van der Waals surface area contributed by atoms with Crippen molar-refractivity contribution in [3.63, 3.8) is 0 Å². The van der Waals surface area contributed by atoms with Gasteiger partial charge in [0.15, 0.2) is 5.43 Å². The Morgan fingerprint density at radius 3 is 2.00 bits per heavy atom. The molecule has 11 heteroatoms. The van der Waals surface area contributed by atoms with Crippen molar-refractivity contribution in [1.29, 1.82) is 0 Å². The molecule has 0 spiro atoms. The fourth-order valence-corrected chi connectivity index (χ4v) is 3.39. The van der Waals surface area contributed by atoms with Crippen LogP contribution in [0.4, 0.5) is 17.1 Å². The van der Waals surface area contributed by atoms with Gasteiger partial charge in [-0.25, -0.2) is 0 Å². The molecular weight excluding hydrogens is 342 g/mol. The van der Waals surface area contributed by atoms with Crippen molar-refractivity contribution < 1.29 is 14.8 Å². The van der Waals surface area contributed by atoms with Crippen molar-refractivity contribution in [3.05, 3.63) is 70.9 Å². The van der Waals surface area contributed by atoms with E-state index in [1.165, 1.54) is 12.1 Å². The zero-order valence-electron chi connectivity index (χ0n) is 11.5. The van der Waals surface area contributed by atoms with Gasteiger partial charge in [0.2, 0.25) is 0 Å². The van der Waals surface area contributed by atoms with Crippen molar-refractivity contribution in [2.45, 2.75) is 0 Å². The number of nitrogens with zero attached hydrogens (tertiary/aromatic N) is 3. The predicted molar refractivity (Wildman–Crippen MR) is 85.6 cm³/mol. The minimum Gasteiger partial charge on any atom is -0.288 e. The summed E-state index contributed by atoms with van der Waals surface area (Å²) in [6, 6.07) is 5.29. The lowest BCUT2D eigenvalue weighted by atomic mass is 10.1. The molecule has 24 heavy (non-hydrogen) atoms. The van der Waals surface area contributed by atoms with Gasteiger partial charge < -0.3 is 0 Å². The summed E-state index contributed by atoms with van der Waals surface area (Å²) in [4.78, 5) is 43.2. The zero-order valence-corrected chi connectivity index (χ0v) is 12.3. The molecule has 0 atom stereocenters. The molecule has 0 saturated carbocycles. The van der Waals surface area contributed by atoms with Gasteiger partial charge in [-0.1, -0.05) is 0 Å². The van der Waals surface area contributed by atoms with E-state index in [9.17, 15) is 35.1 Å². The summed E-state index contributed by atoms with van der Waals surface area (Å²) in [5.74, 6) is 0. The number of hydrogen-bond acceptors (Lipinski definition) is 8. The van der Waals surface area contributed by atoms with Crippen LogP contribution >= 0.6 is 11.3 Å². The summed E-state index contributed by atoms with van der Waals surface area (Å²) in [5, 5.41) is 32.7. The molecule has 120 valence electrons. The average Bonchev–Trinajstić information content (AvgIpc) is 2.53. The second kappa shape index (κ2) is 5.31. The van der Waals surface area contributed by atoms with Crippen molar-refractivity contribution in [2.24, 2.45) is 0 Å². The standard InChI is InChI=1S/C13H5N3O7S/c17-12-8-3-6(14(18)19)1-2-11(8)24-13-9(12)4-7(15(20)21)5-10(13)16(22)23/h1-5H. The van der Waals surface area contributed by atoms with E-state index >= 15 is 0 Å². The number of hydrogen-bond donors (Lipinski definition) is 0. The first kappa shape index (κ1) is 15.4. The molecule has 2 aromatic carbocycles. The highest BCUT2D eigenvalue weighted by atomic mass is 32.1. The van der Waals surface area contributed by atoms with Crippen LogP contribution in [-0.4, -0.2) is 14.8 Å². The van der Waals surface area contributed by atoms with Crippen LogP contribution in [0.1, 0.15) is 0 Å². The number of benzene rings is 2. The van der Waals surface area contributed by atoms with Crippen molar-refractivity contribution in [2.75, 3.05) is 0 Å². The highest BCUT2D eigenvalue weighted by molar-refractivity contribution is 7.25. The largest absolute Gasteiger partial charge is 0.294 e. The Bertz CT molecular complexity index is 1120. The van der Waals surface area contributed by atoms with Gasteiger partial charge in [0.1, 0.15) is 4.70 Å². The number of fused-ring (bicyclic) bond motifs is 2. The number of non-ortho nitro benzene ring substituents is 3. The first-order valence-corrected chi connectivity index (χ1v) is 7.09. The Kier molecular flexibility index (Phi) is 3.41. The maximum Gasteiger partial charge on any atom is 0.294 e. The molecule has 0 radical (unpaired) electrons. The fraction of sp³-hybridized carbons (Fsp3) is 0. The third-order valence-corrected chi connectivity index (χ3v) is 4.55. The van der Waals surface area contributed by atoms with E-state index in [0.717, 1.165) is 29.5 Å². The molecule has 3 aromatic rings. The number of nitro benzene ring substituents is 3. The number of rotatable bonds is 3. The van der Waals surface area contributed by atoms with E-state index in [1.54, 1.807) is 0 Å². The average molecular weight is 347 g/mol. The van der Waals surface area contributed by atoms with Crippen LogP contribution in [0.15, 0.2) is 35.1 Å². The molecule has 10 nitrogen and oxygen atoms in total. The van der Waals surface area contributed by atoms with Crippen molar-refractivity contribution >= 4 is 48.6 Å². The molecule has 0 amide bonds. The smallest absolute Gasteiger partial charge is 0.288 e. The summed E-state index contributed by atoms with van der Waals surface area (Å²) in [7, 11) is 0. The van der Waals surface area contributed by atoms with Gasteiger partial charge in [-0.05, 0) is 6.07 Å². The van der Waals surface area contributed by atoms with Gasteiger partial charge in [0.25, 0.3) is 17.1 Å². The summed E-state index contributed by atoms with van der Waals surface area (Å²) in [6.07, 6.45) is 0. The third kappa shape index (κ3) is 2.32. The Morgan fingerprint density at radius 1 is 0.792 bits per heavy atom. The van der Waals surface area contributed by atoms with Gasteiger partial charge in [0, 0.05) is 28.3 Å². The van der Waals surface area contributed by atoms with Gasteiger partial charge in [-0.3, -0.25) is 35.1 Å². The molecule has 0 unspecified atom stereocenters. The van der Waals surface area contributed by atoms with Gasteiger partial charge in [-0.15, -0.1) is 11.3 Å². The molecule has 1 aromatic heterocycles. The first-order chi connectivity index (χ1) is 11.3. The first-order valence-electron chi connectivity index (χ1n) is 6.27. The molecule has 0 fully saturated rings. The highest BCUT2D eigenvalue weighted by Crippen LogP contribution is 2.35. The Morgan fingerprint density at radius 2 is 1.42 bits per heavy atom.